The minimum absolute atomic E-state index is 0.0543. The van der Waals surface area contributed by atoms with Gasteiger partial charge in [-0.15, -0.1) is 0 Å². The number of ether oxygens (including phenoxy) is 1. The molecule has 184 valence electrons. The van der Waals surface area contributed by atoms with Gasteiger partial charge in [-0.1, -0.05) is 12.8 Å². The van der Waals surface area contributed by atoms with Gasteiger partial charge in [-0.05, 0) is 31.0 Å². The van der Waals surface area contributed by atoms with E-state index in [0.717, 1.165) is 36.8 Å². The Morgan fingerprint density at radius 2 is 1.91 bits per heavy atom. The number of nitrogens with one attached hydrogen (secondary N) is 1. The smallest absolute Gasteiger partial charge is 0.407 e. The summed E-state index contributed by atoms with van der Waals surface area (Å²) in [6.45, 7) is 2.43. The van der Waals surface area contributed by atoms with Crippen molar-refractivity contribution in [2.24, 2.45) is 0 Å². The zero-order chi connectivity index (χ0) is 24.4. The number of carboxylic acid groups (broad SMARTS) is 1. The van der Waals surface area contributed by atoms with E-state index in [9.17, 15) is 9.59 Å². The SMILES string of the molecule is COCc1cc2cnc(Nc3ccc(N4CCN(C(=O)O)CC4)cn3)nc2n(C2CCCC2)c1=O. The number of amides is 1. The van der Waals surface area contributed by atoms with Gasteiger partial charge >= 0.3 is 6.09 Å². The molecule has 5 rings (SSSR count). The Morgan fingerprint density at radius 3 is 2.57 bits per heavy atom. The van der Waals surface area contributed by atoms with Crippen molar-refractivity contribution in [1.29, 1.82) is 0 Å². The Bertz CT molecular complexity index is 1260. The van der Waals surface area contributed by atoms with Crippen LogP contribution in [0.15, 0.2) is 35.4 Å². The topological polar surface area (TPSA) is 126 Å². The Hall–Kier alpha value is -3.73. The Balaban J connectivity index is 1.38. The summed E-state index contributed by atoms with van der Waals surface area (Å²) in [5.41, 5.74) is 2.10. The second-order valence-corrected chi connectivity index (χ2v) is 8.97. The number of nitrogens with zero attached hydrogens (tertiary/aromatic N) is 6. The van der Waals surface area contributed by atoms with Crippen molar-refractivity contribution in [3.05, 3.63) is 46.5 Å². The summed E-state index contributed by atoms with van der Waals surface area (Å²) in [5.74, 6) is 0.960. The van der Waals surface area contributed by atoms with Gasteiger partial charge in [0.1, 0.15) is 11.5 Å². The van der Waals surface area contributed by atoms with Gasteiger partial charge in [0.05, 0.1) is 18.5 Å². The standard InChI is InChI=1S/C24H29N7O4/c1-35-15-17-12-16-13-26-23(28-21(16)31(22(17)32)18-4-2-3-5-18)27-20-7-6-19(14-25-20)29-8-10-30(11-9-29)24(33)34/h6-7,12-14,18H,2-5,8-11,15H2,1H3,(H,33,34)(H,25,26,27,28). The zero-order valence-electron chi connectivity index (χ0n) is 19.7. The summed E-state index contributed by atoms with van der Waals surface area (Å²) in [4.78, 5) is 41.5. The van der Waals surface area contributed by atoms with Gasteiger partial charge in [-0.25, -0.2) is 14.8 Å². The fourth-order valence-corrected chi connectivity index (χ4v) is 4.92. The van der Waals surface area contributed by atoms with Crippen LogP contribution in [0.5, 0.6) is 0 Å². The Labute approximate surface area is 202 Å². The molecule has 0 bridgehead atoms. The molecule has 2 N–H and O–H groups in total. The first-order chi connectivity index (χ1) is 17.0. The maximum atomic E-state index is 13.2. The van der Waals surface area contributed by atoms with Gasteiger partial charge in [0.25, 0.3) is 5.56 Å². The normalized spacial score (nSPS) is 16.7. The van der Waals surface area contributed by atoms with E-state index in [1.807, 2.05) is 22.8 Å². The van der Waals surface area contributed by atoms with Gasteiger partial charge in [0.15, 0.2) is 0 Å². The molecule has 0 atom stereocenters. The van der Waals surface area contributed by atoms with Gasteiger partial charge < -0.3 is 25.0 Å². The lowest BCUT2D eigenvalue weighted by Crippen LogP contribution is -2.48. The van der Waals surface area contributed by atoms with Gasteiger partial charge in [-0.3, -0.25) is 9.36 Å². The lowest BCUT2D eigenvalue weighted by molar-refractivity contribution is 0.142. The first-order valence-corrected chi connectivity index (χ1v) is 11.9. The summed E-state index contributed by atoms with van der Waals surface area (Å²) >= 11 is 0. The summed E-state index contributed by atoms with van der Waals surface area (Å²) in [7, 11) is 1.58. The molecule has 1 saturated heterocycles. The van der Waals surface area contributed by atoms with Crippen LogP contribution in [0.4, 0.5) is 22.2 Å². The summed E-state index contributed by atoms with van der Waals surface area (Å²) in [5, 5.41) is 13.1. The molecule has 0 aromatic carbocycles. The van der Waals surface area contributed by atoms with Crippen LogP contribution in [0.25, 0.3) is 11.0 Å². The molecule has 3 aromatic heterocycles. The molecular formula is C24H29N7O4. The highest BCUT2D eigenvalue weighted by molar-refractivity contribution is 5.76. The summed E-state index contributed by atoms with van der Waals surface area (Å²) < 4.78 is 7.06. The Kier molecular flexibility index (Phi) is 6.49. The minimum atomic E-state index is -0.883. The minimum Gasteiger partial charge on any atom is -0.465 e. The number of aromatic nitrogens is 4. The fraction of sp³-hybridized carbons (Fsp3) is 0.458. The first kappa shape index (κ1) is 23.0. The molecule has 1 amide bonds. The molecule has 35 heavy (non-hydrogen) atoms. The second-order valence-electron chi connectivity index (χ2n) is 8.97. The lowest BCUT2D eigenvalue weighted by atomic mass is 10.2. The van der Waals surface area contributed by atoms with Gasteiger partial charge in [0.2, 0.25) is 5.95 Å². The quantitative estimate of drug-likeness (QED) is 0.549. The van der Waals surface area contributed by atoms with Crippen molar-refractivity contribution in [1.82, 2.24) is 24.4 Å². The van der Waals surface area contributed by atoms with Crippen LogP contribution in [-0.4, -0.2) is 68.9 Å². The maximum Gasteiger partial charge on any atom is 0.407 e. The number of hydrogen-bond acceptors (Lipinski definition) is 8. The number of fused-ring (bicyclic) bond motifs is 1. The average Bonchev–Trinajstić information content (AvgIpc) is 3.40. The maximum absolute atomic E-state index is 13.2. The number of rotatable bonds is 6. The largest absolute Gasteiger partial charge is 0.465 e. The van der Waals surface area contributed by atoms with Crippen LogP contribution in [0, 0.1) is 0 Å². The third-order valence-corrected chi connectivity index (χ3v) is 6.74. The molecule has 0 spiro atoms. The van der Waals surface area contributed by atoms with Crippen molar-refractivity contribution in [3.8, 4) is 0 Å². The molecule has 0 unspecified atom stereocenters. The summed E-state index contributed by atoms with van der Waals surface area (Å²) in [6.07, 6.45) is 6.72. The van der Waals surface area contributed by atoms with E-state index in [1.54, 1.807) is 19.5 Å². The number of hydrogen-bond donors (Lipinski definition) is 2. The second kappa shape index (κ2) is 9.87. The molecular weight excluding hydrogens is 450 g/mol. The van der Waals surface area contributed by atoms with Crippen LogP contribution in [0.2, 0.25) is 0 Å². The molecule has 1 aliphatic carbocycles. The van der Waals surface area contributed by atoms with E-state index in [2.05, 4.69) is 20.2 Å². The molecule has 0 radical (unpaired) electrons. The third kappa shape index (κ3) is 4.76. The van der Waals surface area contributed by atoms with Crippen molar-refractivity contribution in [2.45, 2.75) is 38.3 Å². The average molecular weight is 480 g/mol. The van der Waals surface area contributed by atoms with Crippen molar-refractivity contribution < 1.29 is 14.6 Å². The first-order valence-electron chi connectivity index (χ1n) is 11.9. The molecule has 11 nitrogen and oxygen atoms in total. The lowest BCUT2D eigenvalue weighted by Gasteiger charge is -2.34. The van der Waals surface area contributed by atoms with E-state index in [0.29, 0.717) is 49.2 Å². The number of anilines is 3. The number of pyridine rings is 2. The van der Waals surface area contributed by atoms with Crippen LogP contribution in [-0.2, 0) is 11.3 Å². The fourth-order valence-electron chi connectivity index (χ4n) is 4.92. The third-order valence-electron chi connectivity index (χ3n) is 6.74. The number of carbonyl (C=O) groups is 1. The molecule has 11 heteroatoms. The molecule has 1 saturated carbocycles. The van der Waals surface area contributed by atoms with Crippen molar-refractivity contribution >= 4 is 34.6 Å². The molecule has 3 aromatic rings. The Morgan fingerprint density at radius 1 is 1.14 bits per heavy atom. The molecule has 1 aliphatic heterocycles. The van der Waals surface area contributed by atoms with Gasteiger partial charge in [-0.2, -0.15) is 4.98 Å². The highest BCUT2D eigenvalue weighted by Gasteiger charge is 2.23. The highest BCUT2D eigenvalue weighted by Crippen LogP contribution is 2.31. The van der Waals surface area contributed by atoms with Crippen LogP contribution in [0.3, 0.4) is 0 Å². The monoisotopic (exact) mass is 479 g/mol. The zero-order valence-corrected chi connectivity index (χ0v) is 19.7. The van der Waals surface area contributed by atoms with E-state index in [4.69, 9.17) is 14.8 Å². The number of piperazine rings is 1. The van der Waals surface area contributed by atoms with E-state index < -0.39 is 6.09 Å². The van der Waals surface area contributed by atoms with Gasteiger partial charge in [0, 0.05) is 56.5 Å². The summed E-state index contributed by atoms with van der Waals surface area (Å²) in [6, 6.07) is 5.73. The van der Waals surface area contributed by atoms with E-state index in [-0.39, 0.29) is 18.2 Å². The van der Waals surface area contributed by atoms with Crippen molar-refractivity contribution in [2.75, 3.05) is 43.5 Å². The molecule has 2 aliphatic rings. The van der Waals surface area contributed by atoms with E-state index in [1.165, 1.54) is 4.90 Å². The number of methoxy groups -OCH3 is 1. The van der Waals surface area contributed by atoms with Crippen LogP contribution < -0.4 is 15.8 Å². The molecule has 4 heterocycles. The van der Waals surface area contributed by atoms with Crippen LogP contribution >= 0.6 is 0 Å². The van der Waals surface area contributed by atoms with Crippen molar-refractivity contribution in [3.63, 3.8) is 0 Å². The molecule has 2 fully saturated rings. The predicted octanol–water partition coefficient (Wildman–Crippen LogP) is 2.99. The predicted molar refractivity (Wildman–Crippen MR) is 131 cm³/mol. The van der Waals surface area contributed by atoms with E-state index >= 15 is 0 Å². The van der Waals surface area contributed by atoms with Crippen LogP contribution in [0.1, 0.15) is 37.3 Å². The highest BCUT2D eigenvalue weighted by atomic mass is 16.5.